The quantitative estimate of drug-likeness (QED) is 0.706. The molecule has 1 aliphatic heterocycles. The van der Waals surface area contributed by atoms with Crippen LogP contribution in [-0.4, -0.2) is 40.4 Å². The SMILES string of the molecule is CN(C)C(=O)c1cccc(NC(=O)c2ccc3c(=O)n4c(nc3c2)CCCCCC4)c1. The van der Waals surface area contributed by atoms with Gasteiger partial charge in [-0.25, -0.2) is 4.98 Å². The number of fused-ring (bicyclic) bond motifs is 2. The van der Waals surface area contributed by atoms with Crippen LogP contribution in [0.3, 0.4) is 0 Å². The Balaban J connectivity index is 1.63. The van der Waals surface area contributed by atoms with Crippen molar-refractivity contribution in [3.05, 3.63) is 69.8 Å². The number of aromatic nitrogens is 2. The van der Waals surface area contributed by atoms with Gasteiger partial charge in [0.2, 0.25) is 0 Å². The third kappa shape index (κ3) is 4.35. The van der Waals surface area contributed by atoms with Crippen molar-refractivity contribution in [2.45, 2.75) is 38.6 Å². The molecule has 1 aromatic heterocycles. The Morgan fingerprint density at radius 3 is 2.61 bits per heavy atom. The molecule has 160 valence electrons. The second kappa shape index (κ2) is 8.71. The van der Waals surface area contributed by atoms with Crippen LogP contribution in [0.25, 0.3) is 10.9 Å². The van der Waals surface area contributed by atoms with E-state index in [9.17, 15) is 14.4 Å². The zero-order chi connectivity index (χ0) is 22.0. The summed E-state index contributed by atoms with van der Waals surface area (Å²) in [6.45, 7) is 0.696. The summed E-state index contributed by atoms with van der Waals surface area (Å²) < 4.78 is 1.79. The predicted molar refractivity (Wildman–Crippen MR) is 121 cm³/mol. The summed E-state index contributed by atoms with van der Waals surface area (Å²) in [7, 11) is 3.36. The monoisotopic (exact) mass is 418 g/mol. The maximum Gasteiger partial charge on any atom is 0.261 e. The Labute approximate surface area is 180 Å². The fourth-order valence-electron chi connectivity index (χ4n) is 3.93. The van der Waals surface area contributed by atoms with E-state index in [0.717, 1.165) is 37.9 Å². The second-order valence-corrected chi connectivity index (χ2v) is 8.12. The lowest BCUT2D eigenvalue weighted by Crippen LogP contribution is -2.26. The van der Waals surface area contributed by atoms with Crippen LogP contribution in [0.2, 0.25) is 0 Å². The van der Waals surface area contributed by atoms with Crippen LogP contribution in [0.15, 0.2) is 47.3 Å². The Morgan fingerprint density at radius 1 is 1.00 bits per heavy atom. The molecule has 0 radical (unpaired) electrons. The highest BCUT2D eigenvalue weighted by atomic mass is 16.2. The molecule has 0 saturated heterocycles. The van der Waals surface area contributed by atoms with Gasteiger partial charge in [-0.15, -0.1) is 0 Å². The predicted octanol–water partition coefficient (Wildman–Crippen LogP) is 3.47. The van der Waals surface area contributed by atoms with Crippen LogP contribution in [-0.2, 0) is 13.0 Å². The zero-order valence-electron chi connectivity index (χ0n) is 17.9. The average molecular weight is 418 g/mol. The molecule has 2 aromatic carbocycles. The Kier molecular flexibility index (Phi) is 5.84. The molecular formula is C24H26N4O3. The Hall–Kier alpha value is -3.48. The summed E-state index contributed by atoms with van der Waals surface area (Å²) in [4.78, 5) is 44.2. The van der Waals surface area contributed by atoms with Gasteiger partial charge in [-0.05, 0) is 49.2 Å². The summed E-state index contributed by atoms with van der Waals surface area (Å²) in [6, 6.07) is 11.8. The molecular weight excluding hydrogens is 392 g/mol. The van der Waals surface area contributed by atoms with Gasteiger partial charge in [0, 0.05) is 43.9 Å². The van der Waals surface area contributed by atoms with Gasteiger partial charge in [-0.3, -0.25) is 19.0 Å². The van der Waals surface area contributed by atoms with Crippen LogP contribution in [0.5, 0.6) is 0 Å². The fourth-order valence-corrected chi connectivity index (χ4v) is 3.93. The van der Waals surface area contributed by atoms with Crippen LogP contribution < -0.4 is 10.9 Å². The van der Waals surface area contributed by atoms with E-state index in [0.29, 0.717) is 34.3 Å². The van der Waals surface area contributed by atoms with E-state index in [2.05, 4.69) is 5.32 Å². The van der Waals surface area contributed by atoms with E-state index in [4.69, 9.17) is 4.98 Å². The number of aryl methyl sites for hydroxylation is 1. The second-order valence-electron chi connectivity index (χ2n) is 8.12. The molecule has 0 fully saturated rings. The number of rotatable bonds is 3. The summed E-state index contributed by atoms with van der Waals surface area (Å²) >= 11 is 0. The molecule has 0 aliphatic carbocycles. The van der Waals surface area contributed by atoms with Crippen molar-refractivity contribution in [3.63, 3.8) is 0 Å². The third-order valence-corrected chi connectivity index (χ3v) is 5.60. The number of nitrogens with zero attached hydrogens (tertiary/aromatic N) is 3. The Morgan fingerprint density at radius 2 is 1.81 bits per heavy atom. The van der Waals surface area contributed by atoms with Gasteiger partial charge in [-0.1, -0.05) is 18.9 Å². The Bertz CT molecular complexity index is 1210. The molecule has 0 saturated carbocycles. The first-order chi connectivity index (χ1) is 14.9. The molecule has 2 heterocycles. The lowest BCUT2D eigenvalue weighted by Gasteiger charge is -2.16. The average Bonchev–Trinajstić information content (AvgIpc) is 2.74. The highest BCUT2D eigenvalue weighted by molar-refractivity contribution is 6.06. The van der Waals surface area contributed by atoms with Gasteiger partial charge in [-0.2, -0.15) is 0 Å². The van der Waals surface area contributed by atoms with E-state index in [1.165, 1.54) is 4.90 Å². The molecule has 2 amide bonds. The molecule has 1 aliphatic rings. The lowest BCUT2D eigenvalue weighted by atomic mass is 10.1. The van der Waals surface area contributed by atoms with Crippen molar-refractivity contribution in [2.24, 2.45) is 0 Å². The molecule has 0 spiro atoms. The maximum atomic E-state index is 13.0. The number of benzene rings is 2. The van der Waals surface area contributed by atoms with Gasteiger partial charge >= 0.3 is 0 Å². The number of hydrogen-bond donors (Lipinski definition) is 1. The van der Waals surface area contributed by atoms with Crippen LogP contribution in [0.4, 0.5) is 5.69 Å². The van der Waals surface area contributed by atoms with Crippen LogP contribution in [0.1, 0.15) is 52.2 Å². The van der Waals surface area contributed by atoms with Crippen molar-refractivity contribution >= 4 is 28.4 Å². The van der Waals surface area contributed by atoms with Gasteiger partial charge < -0.3 is 10.2 Å². The van der Waals surface area contributed by atoms with Gasteiger partial charge in [0.25, 0.3) is 17.4 Å². The number of carbonyl (C=O) groups is 2. The minimum absolute atomic E-state index is 0.0382. The van der Waals surface area contributed by atoms with E-state index in [-0.39, 0.29) is 17.4 Å². The van der Waals surface area contributed by atoms with E-state index < -0.39 is 0 Å². The number of amides is 2. The topological polar surface area (TPSA) is 84.3 Å². The molecule has 0 unspecified atom stereocenters. The van der Waals surface area contributed by atoms with E-state index >= 15 is 0 Å². The lowest BCUT2D eigenvalue weighted by molar-refractivity contribution is 0.0827. The smallest absolute Gasteiger partial charge is 0.261 e. The van der Waals surface area contributed by atoms with E-state index in [1.807, 2.05) is 0 Å². The normalized spacial score (nSPS) is 13.7. The summed E-state index contributed by atoms with van der Waals surface area (Å²) in [5.41, 5.74) is 1.95. The molecule has 7 heteroatoms. The minimum atomic E-state index is -0.315. The first-order valence-electron chi connectivity index (χ1n) is 10.6. The highest BCUT2D eigenvalue weighted by Crippen LogP contribution is 2.18. The zero-order valence-corrected chi connectivity index (χ0v) is 17.9. The number of anilines is 1. The first-order valence-corrected chi connectivity index (χ1v) is 10.6. The fraction of sp³-hybridized carbons (Fsp3) is 0.333. The van der Waals surface area contributed by atoms with Gasteiger partial charge in [0.05, 0.1) is 10.9 Å². The van der Waals surface area contributed by atoms with Crippen molar-refractivity contribution in [1.29, 1.82) is 0 Å². The number of carbonyl (C=O) groups excluding carboxylic acids is 2. The summed E-state index contributed by atoms with van der Waals surface area (Å²) in [5, 5.41) is 3.36. The molecule has 1 N–H and O–H groups in total. The molecule has 4 rings (SSSR count). The van der Waals surface area contributed by atoms with Crippen molar-refractivity contribution < 1.29 is 9.59 Å². The van der Waals surface area contributed by atoms with E-state index in [1.54, 1.807) is 61.1 Å². The molecule has 7 nitrogen and oxygen atoms in total. The van der Waals surface area contributed by atoms with Gasteiger partial charge in [0.15, 0.2) is 0 Å². The van der Waals surface area contributed by atoms with Crippen molar-refractivity contribution in [3.8, 4) is 0 Å². The minimum Gasteiger partial charge on any atom is -0.345 e. The van der Waals surface area contributed by atoms with Crippen molar-refractivity contribution in [2.75, 3.05) is 19.4 Å². The van der Waals surface area contributed by atoms with Gasteiger partial charge in [0.1, 0.15) is 5.82 Å². The first kappa shape index (κ1) is 20.8. The van der Waals surface area contributed by atoms with Crippen LogP contribution >= 0.6 is 0 Å². The molecule has 0 atom stereocenters. The summed E-state index contributed by atoms with van der Waals surface area (Å²) in [5.74, 6) is 0.345. The molecule has 0 bridgehead atoms. The maximum absolute atomic E-state index is 13.0. The number of hydrogen-bond acceptors (Lipinski definition) is 4. The van der Waals surface area contributed by atoms with Crippen molar-refractivity contribution in [1.82, 2.24) is 14.5 Å². The molecule has 31 heavy (non-hydrogen) atoms. The third-order valence-electron chi connectivity index (χ3n) is 5.60. The largest absolute Gasteiger partial charge is 0.345 e. The summed E-state index contributed by atoms with van der Waals surface area (Å²) in [6.07, 6.45) is 5.04. The van der Waals surface area contributed by atoms with Crippen LogP contribution in [0, 0.1) is 0 Å². The standard InChI is InChI=1S/C24H26N4O3/c1-27(2)23(30)17-8-7-9-18(14-17)25-22(29)16-11-12-19-20(15-16)26-21-10-5-3-4-6-13-28(21)24(19)31/h7-9,11-12,14-15H,3-6,10,13H2,1-2H3,(H,25,29). The number of nitrogens with one attached hydrogen (secondary N) is 1. The highest BCUT2D eigenvalue weighted by Gasteiger charge is 2.15. The molecule has 3 aromatic rings.